The van der Waals surface area contributed by atoms with E-state index in [1.165, 1.54) is 6.42 Å². The Balaban J connectivity index is 1.76. The normalized spacial score (nSPS) is 23.7. The van der Waals surface area contributed by atoms with Crippen molar-refractivity contribution >= 4 is 0 Å². The summed E-state index contributed by atoms with van der Waals surface area (Å²) < 4.78 is 7.94. The molecule has 102 valence electrons. The lowest BCUT2D eigenvalue weighted by Crippen LogP contribution is -2.28. The minimum atomic E-state index is 0.452. The Morgan fingerprint density at radius 1 is 1.50 bits per heavy atom. The van der Waals surface area contributed by atoms with Crippen LogP contribution in [0.5, 0.6) is 0 Å². The van der Waals surface area contributed by atoms with Gasteiger partial charge < -0.3 is 14.6 Å². The van der Waals surface area contributed by atoms with Crippen molar-refractivity contribution in [3.8, 4) is 0 Å². The van der Waals surface area contributed by atoms with E-state index in [0.29, 0.717) is 12.0 Å². The second-order valence-electron chi connectivity index (χ2n) is 5.03. The summed E-state index contributed by atoms with van der Waals surface area (Å²) in [6.07, 6.45) is 7.87. The Labute approximate surface area is 110 Å². The molecule has 1 aliphatic rings. The molecule has 0 aliphatic carbocycles. The molecule has 2 unspecified atom stereocenters. The van der Waals surface area contributed by atoms with E-state index in [-0.39, 0.29) is 0 Å². The van der Waals surface area contributed by atoms with Gasteiger partial charge in [0.1, 0.15) is 5.82 Å². The molecule has 1 saturated heterocycles. The number of ether oxygens (including phenoxy) is 1. The molecule has 0 aromatic carbocycles. The first-order chi connectivity index (χ1) is 8.85. The lowest BCUT2D eigenvalue weighted by Gasteiger charge is -2.17. The van der Waals surface area contributed by atoms with E-state index in [1.54, 1.807) is 0 Å². The summed E-state index contributed by atoms with van der Waals surface area (Å²) in [5, 5.41) is 3.53. The number of nitrogens with zero attached hydrogens (tertiary/aromatic N) is 2. The molecule has 2 atom stereocenters. The van der Waals surface area contributed by atoms with Crippen LogP contribution in [0.3, 0.4) is 0 Å². The monoisotopic (exact) mass is 251 g/mol. The number of hydrogen-bond acceptors (Lipinski definition) is 3. The maximum atomic E-state index is 5.70. The fourth-order valence-corrected chi connectivity index (χ4v) is 2.70. The van der Waals surface area contributed by atoms with Crippen LogP contribution in [0.25, 0.3) is 0 Å². The highest BCUT2D eigenvalue weighted by Crippen LogP contribution is 2.22. The molecule has 1 aromatic heterocycles. The van der Waals surface area contributed by atoms with Gasteiger partial charge in [0.2, 0.25) is 0 Å². The maximum absolute atomic E-state index is 5.70. The van der Waals surface area contributed by atoms with Gasteiger partial charge in [0.15, 0.2) is 0 Å². The van der Waals surface area contributed by atoms with Crippen LogP contribution in [0.4, 0.5) is 0 Å². The van der Waals surface area contributed by atoms with Crippen LogP contribution >= 0.6 is 0 Å². The van der Waals surface area contributed by atoms with Crippen LogP contribution in [0.15, 0.2) is 12.4 Å². The molecule has 1 aliphatic heterocycles. The summed E-state index contributed by atoms with van der Waals surface area (Å²) in [5.74, 6) is 1.81. The minimum Gasteiger partial charge on any atom is -0.378 e. The molecule has 0 spiro atoms. The zero-order chi connectivity index (χ0) is 12.8. The van der Waals surface area contributed by atoms with Crippen molar-refractivity contribution in [1.29, 1.82) is 0 Å². The second kappa shape index (κ2) is 6.90. The van der Waals surface area contributed by atoms with Crippen molar-refractivity contribution in [2.75, 3.05) is 13.2 Å². The van der Waals surface area contributed by atoms with Crippen molar-refractivity contribution in [3.63, 3.8) is 0 Å². The van der Waals surface area contributed by atoms with Gasteiger partial charge in [-0.2, -0.15) is 0 Å². The van der Waals surface area contributed by atoms with Crippen molar-refractivity contribution in [3.05, 3.63) is 18.2 Å². The highest BCUT2D eigenvalue weighted by atomic mass is 16.5. The van der Waals surface area contributed by atoms with Crippen molar-refractivity contribution < 1.29 is 4.74 Å². The highest BCUT2D eigenvalue weighted by Gasteiger charge is 2.26. The van der Waals surface area contributed by atoms with Gasteiger partial charge in [-0.1, -0.05) is 13.8 Å². The average molecular weight is 251 g/mol. The molecule has 4 heteroatoms. The first-order valence-corrected chi connectivity index (χ1v) is 7.17. The first-order valence-electron chi connectivity index (χ1n) is 7.17. The SMILES string of the molecule is CCCn1ccnc1CNCC1CCOC1CC. The second-order valence-corrected chi connectivity index (χ2v) is 5.03. The molecular formula is C14H25N3O. The quantitative estimate of drug-likeness (QED) is 0.807. The standard InChI is InChI=1S/C14H25N3O/c1-3-7-17-8-6-16-14(17)11-15-10-12-5-9-18-13(12)4-2/h6,8,12-13,15H,3-5,7,9-11H2,1-2H3. The summed E-state index contributed by atoms with van der Waals surface area (Å²) in [6, 6.07) is 0. The van der Waals surface area contributed by atoms with E-state index >= 15 is 0 Å². The van der Waals surface area contributed by atoms with E-state index in [0.717, 1.165) is 44.9 Å². The summed E-state index contributed by atoms with van der Waals surface area (Å²) >= 11 is 0. The fourth-order valence-electron chi connectivity index (χ4n) is 2.70. The average Bonchev–Trinajstić information content (AvgIpc) is 2.99. The van der Waals surface area contributed by atoms with Crippen LogP contribution in [-0.2, 0) is 17.8 Å². The fraction of sp³-hybridized carbons (Fsp3) is 0.786. The van der Waals surface area contributed by atoms with Gasteiger partial charge in [0.05, 0.1) is 12.6 Å². The first kappa shape index (κ1) is 13.6. The molecule has 1 N–H and O–H groups in total. The van der Waals surface area contributed by atoms with Crippen LogP contribution in [0.1, 0.15) is 38.9 Å². The zero-order valence-corrected chi connectivity index (χ0v) is 11.6. The van der Waals surface area contributed by atoms with Crippen molar-refractivity contribution in [2.24, 2.45) is 5.92 Å². The Morgan fingerprint density at radius 3 is 3.17 bits per heavy atom. The molecule has 0 radical (unpaired) electrons. The number of hydrogen-bond donors (Lipinski definition) is 1. The Morgan fingerprint density at radius 2 is 2.39 bits per heavy atom. The van der Waals surface area contributed by atoms with Gasteiger partial charge in [0, 0.05) is 32.1 Å². The van der Waals surface area contributed by atoms with Gasteiger partial charge in [-0.15, -0.1) is 0 Å². The lowest BCUT2D eigenvalue weighted by molar-refractivity contribution is 0.0871. The molecule has 2 heterocycles. The predicted molar refractivity (Wildman–Crippen MR) is 72.4 cm³/mol. The topological polar surface area (TPSA) is 39.1 Å². The molecule has 1 fully saturated rings. The molecular weight excluding hydrogens is 226 g/mol. The third kappa shape index (κ3) is 3.33. The van der Waals surface area contributed by atoms with Crippen LogP contribution < -0.4 is 5.32 Å². The number of nitrogens with one attached hydrogen (secondary N) is 1. The molecule has 1 aromatic rings. The van der Waals surface area contributed by atoms with Crippen LogP contribution in [-0.4, -0.2) is 28.8 Å². The van der Waals surface area contributed by atoms with E-state index in [2.05, 4.69) is 34.9 Å². The van der Waals surface area contributed by atoms with E-state index < -0.39 is 0 Å². The van der Waals surface area contributed by atoms with Crippen molar-refractivity contribution in [1.82, 2.24) is 14.9 Å². The van der Waals surface area contributed by atoms with Gasteiger partial charge in [-0.25, -0.2) is 4.98 Å². The summed E-state index contributed by atoms with van der Waals surface area (Å²) in [7, 11) is 0. The lowest BCUT2D eigenvalue weighted by atomic mass is 10.00. The third-order valence-electron chi connectivity index (χ3n) is 3.70. The smallest absolute Gasteiger partial charge is 0.122 e. The molecule has 2 rings (SSSR count). The predicted octanol–water partition coefficient (Wildman–Crippen LogP) is 2.20. The van der Waals surface area contributed by atoms with E-state index in [1.807, 2.05) is 6.20 Å². The van der Waals surface area contributed by atoms with E-state index in [4.69, 9.17) is 4.74 Å². The van der Waals surface area contributed by atoms with E-state index in [9.17, 15) is 0 Å². The number of aromatic nitrogens is 2. The third-order valence-corrected chi connectivity index (χ3v) is 3.70. The largest absolute Gasteiger partial charge is 0.378 e. The molecule has 0 bridgehead atoms. The summed E-state index contributed by atoms with van der Waals surface area (Å²) in [4.78, 5) is 4.41. The molecule has 0 amide bonds. The van der Waals surface area contributed by atoms with Gasteiger partial charge in [-0.05, 0) is 25.2 Å². The van der Waals surface area contributed by atoms with Gasteiger partial charge in [0.25, 0.3) is 0 Å². The number of imidazole rings is 1. The molecule has 18 heavy (non-hydrogen) atoms. The molecule has 4 nitrogen and oxygen atoms in total. The number of aryl methyl sites for hydroxylation is 1. The van der Waals surface area contributed by atoms with Gasteiger partial charge >= 0.3 is 0 Å². The van der Waals surface area contributed by atoms with Crippen LogP contribution in [0.2, 0.25) is 0 Å². The van der Waals surface area contributed by atoms with Crippen LogP contribution in [0, 0.1) is 5.92 Å². The highest BCUT2D eigenvalue weighted by molar-refractivity contribution is 4.92. The summed E-state index contributed by atoms with van der Waals surface area (Å²) in [5.41, 5.74) is 0. The Hall–Kier alpha value is -0.870. The zero-order valence-electron chi connectivity index (χ0n) is 11.6. The Bertz CT molecular complexity index is 351. The maximum Gasteiger partial charge on any atom is 0.122 e. The van der Waals surface area contributed by atoms with Crippen molar-refractivity contribution in [2.45, 2.75) is 52.3 Å². The molecule has 0 saturated carbocycles. The van der Waals surface area contributed by atoms with Gasteiger partial charge in [-0.3, -0.25) is 0 Å². The minimum absolute atomic E-state index is 0.452. The Kier molecular flexibility index (Phi) is 5.20. The summed E-state index contributed by atoms with van der Waals surface area (Å²) in [6.45, 7) is 8.28. The number of rotatable bonds is 7.